The largest absolute Gasteiger partial charge is 0.379 e. The zero-order valence-electron chi connectivity index (χ0n) is 13.9. The van der Waals surface area contributed by atoms with Crippen molar-refractivity contribution >= 4 is 5.96 Å². The highest BCUT2D eigenvalue weighted by Crippen LogP contribution is 2.29. The summed E-state index contributed by atoms with van der Waals surface area (Å²) in [4.78, 5) is 6.53. The van der Waals surface area contributed by atoms with Crippen molar-refractivity contribution in [3.8, 4) is 0 Å². The predicted octanol–water partition coefficient (Wildman–Crippen LogP) is 2.89. The number of ether oxygens (including phenoxy) is 1. The van der Waals surface area contributed by atoms with Crippen molar-refractivity contribution in [2.45, 2.75) is 51.4 Å². The second kappa shape index (κ2) is 9.29. The third-order valence-electron chi connectivity index (χ3n) is 4.74. The zero-order chi connectivity index (χ0) is 14.9. The smallest absolute Gasteiger partial charge is 0.193 e. The first-order valence-electron chi connectivity index (χ1n) is 8.79. The molecule has 2 rings (SSSR count). The van der Waals surface area contributed by atoms with Crippen LogP contribution in [0.4, 0.5) is 0 Å². The van der Waals surface area contributed by atoms with E-state index in [9.17, 15) is 0 Å². The van der Waals surface area contributed by atoms with Crippen molar-refractivity contribution in [1.29, 1.82) is 0 Å². The first-order chi connectivity index (χ1) is 10.3. The number of guanidine groups is 1. The summed E-state index contributed by atoms with van der Waals surface area (Å²) in [5.41, 5.74) is 0. The van der Waals surface area contributed by atoms with Crippen LogP contribution in [-0.4, -0.2) is 51.3 Å². The van der Waals surface area contributed by atoms with Crippen LogP contribution < -0.4 is 5.32 Å². The maximum atomic E-state index is 5.69. The number of likely N-dealkylation sites (N-methyl/N-ethyl adjacent to an activating group) is 1. The fraction of sp³-hybridized carbons (Fsp3) is 0.941. The second-order valence-electron chi connectivity index (χ2n) is 6.71. The Bertz CT molecular complexity index is 309. The van der Waals surface area contributed by atoms with Crippen LogP contribution >= 0.6 is 0 Å². The maximum Gasteiger partial charge on any atom is 0.193 e. The molecule has 21 heavy (non-hydrogen) atoms. The maximum absolute atomic E-state index is 5.69. The second-order valence-corrected chi connectivity index (χ2v) is 6.71. The van der Waals surface area contributed by atoms with Crippen LogP contribution in [0.15, 0.2) is 4.99 Å². The molecule has 0 saturated heterocycles. The van der Waals surface area contributed by atoms with E-state index in [4.69, 9.17) is 4.74 Å². The lowest BCUT2D eigenvalue weighted by Gasteiger charge is -2.22. The standard InChI is InChI=1S/C17H33N3O/c1-18-17(19-11-5-8-15-6-3-4-7-15)20(2)12-13-21-14-16-9-10-16/h15-16H,3-14H2,1-2H3,(H,18,19). The molecule has 122 valence electrons. The van der Waals surface area contributed by atoms with Crippen molar-refractivity contribution < 1.29 is 4.74 Å². The topological polar surface area (TPSA) is 36.9 Å². The number of nitrogens with zero attached hydrogens (tertiary/aromatic N) is 2. The third-order valence-corrected chi connectivity index (χ3v) is 4.74. The minimum Gasteiger partial charge on any atom is -0.379 e. The van der Waals surface area contributed by atoms with Gasteiger partial charge in [0.1, 0.15) is 0 Å². The van der Waals surface area contributed by atoms with E-state index in [1.165, 1.54) is 51.4 Å². The van der Waals surface area contributed by atoms with Gasteiger partial charge >= 0.3 is 0 Å². The Morgan fingerprint density at radius 3 is 2.62 bits per heavy atom. The molecule has 0 unspecified atom stereocenters. The van der Waals surface area contributed by atoms with Gasteiger partial charge in [0.2, 0.25) is 0 Å². The van der Waals surface area contributed by atoms with Gasteiger partial charge in [0.05, 0.1) is 6.61 Å². The van der Waals surface area contributed by atoms with Gasteiger partial charge in [0.15, 0.2) is 5.96 Å². The Balaban J connectivity index is 1.50. The lowest BCUT2D eigenvalue weighted by atomic mass is 10.0. The van der Waals surface area contributed by atoms with Crippen molar-refractivity contribution in [1.82, 2.24) is 10.2 Å². The number of nitrogens with one attached hydrogen (secondary N) is 1. The molecule has 0 aliphatic heterocycles. The molecule has 1 N–H and O–H groups in total. The Kier molecular flexibility index (Phi) is 7.34. The molecule has 2 aliphatic carbocycles. The van der Waals surface area contributed by atoms with Crippen molar-refractivity contribution in [3.63, 3.8) is 0 Å². The Morgan fingerprint density at radius 1 is 1.19 bits per heavy atom. The van der Waals surface area contributed by atoms with Crippen LogP contribution in [0.5, 0.6) is 0 Å². The van der Waals surface area contributed by atoms with E-state index in [0.717, 1.165) is 44.1 Å². The Labute approximate surface area is 130 Å². The lowest BCUT2D eigenvalue weighted by Crippen LogP contribution is -2.41. The normalized spacial score (nSPS) is 20.0. The van der Waals surface area contributed by atoms with Gasteiger partial charge in [-0.15, -0.1) is 0 Å². The van der Waals surface area contributed by atoms with Crippen LogP contribution in [0.2, 0.25) is 0 Å². The molecule has 0 amide bonds. The van der Waals surface area contributed by atoms with Crippen LogP contribution in [0.25, 0.3) is 0 Å². The molecule has 0 aromatic heterocycles. The van der Waals surface area contributed by atoms with Crippen LogP contribution in [0.1, 0.15) is 51.4 Å². The molecule has 0 aromatic rings. The summed E-state index contributed by atoms with van der Waals surface area (Å²) in [5.74, 6) is 2.84. The van der Waals surface area contributed by atoms with Gasteiger partial charge in [-0.2, -0.15) is 0 Å². The highest BCUT2D eigenvalue weighted by Gasteiger charge is 2.21. The van der Waals surface area contributed by atoms with E-state index in [1.54, 1.807) is 0 Å². The quantitative estimate of drug-likeness (QED) is 0.404. The SMILES string of the molecule is CN=C(NCCCC1CCCC1)N(C)CCOCC1CC1. The number of rotatable bonds is 9. The van der Waals surface area contributed by atoms with Crippen LogP contribution in [0, 0.1) is 11.8 Å². The Hall–Kier alpha value is -0.770. The molecular weight excluding hydrogens is 262 g/mol. The van der Waals surface area contributed by atoms with Gasteiger partial charge < -0.3 is 15.0 Å². The summed E-state index contributed by atoms with van der Waals surface area (Å²) < 4.78 is 5.69. The molecule has 4 heteroatoms. The molecule has 0 spiro atoms. The zero-order valence-corrected chi connectivity index (χ0v) is 13.9. The molecule has 2 aliphatic rings. The number of hydrogen-bond donors (Lipinski definition) is 1. The highest BCUT2D eigenvalue weighted by atomic mass is 16.5. The fourth-order valence-corrected chi connectivity index (χ4v) is 3.12. The summed E-state index contributed by atoms with van der Waals surface area (Å²) in [7, 11) is 3.95. The van der Waals surface area contributed by atoms with Crippen molar-refractivity contribution in [2.75, 3.05) is 40.4 Å². The fourth-order valence-electron chi connectivity index (χ4n) is 3.12. The summed E-state index contributed by atoms with van der Waals surface area (Å²) in [6.07, 6.45) is 11.2. The van der Waals surface area contributed by atoms with E-state index in [-0.39, 0.29) is 0 Å². The first kappa shape index (κ1) is 16.6. The van der Waals surface area contributed by atoms with Crippen LogP contribution in [-0.2, 0) is 4.74 Å². The number of aliphatic imine (C=N–C) groups is 1. The van der Waals surface area contributed by atoms with E-state index in [1.807, 2.05) is 7.05 Å². The average Bonchev–Trinajstić information content (AvgIpc) is 3.17. The van der Waals surface area contributed by atoms with Crippen LogP contribution in [0.3, 0.4) is 0 Å². The Morgan fingerprint density at radius 2 is 1.95 bits per heavy atom. The lowest BCUT2D eigenvalue weighted by molar-refractivity contribution is 0.115. The molecule has 0 radical (unpaired) electrons. The number of hydrogen-bond acceptors (Lipinski definition) is 2. The van der Waals surface area contributed by atoms with Gasteiger partial charge in [-0.3, -0.25) is 4.99 Å². The molecule has 0 heterocycles. The van der Waals surface area contributed by atoms with E-state index < -0.39 is 0 Å². The molecule has 0 aromatic carbocycles. The predicted molar refractivity (Wildman–Crippen MR) is 88.7 cm³/mol. The molecule has 0 atom stereocenters. The summed E-state index contributed by atoms with van der Waals surface area (Å²) in [6.45, 7) is 3.70. The first-order valence-corrected chi connectivity index (χ1v) is 8.79. The van der Waals surface area contributed by atoms with Gasteiger partial charge in [0, 0.05) is 33.8 Å². The van der Waals surface area contributed by atoms with Gasteiger partial charge in [-0.25, -0.2) is 0 Å². The van der Waals surface area contributed by atoms with Crippen molar-refractivity contribution in [3.05, 3.63) is 0 Å². The molecule has 2 fully saturated rings. The monoisotopic (exact) mass is 295 g/mol. The molecule has 2 saturated carbocycles. The highest BCUT2D eigenvalue weighted by molar-refractivity contribution is 5.79. The van der Waals surface area contributed by atoms with E-state index in [2.05, 4.69) is 22.3 Å². The summed E-state index contributed by atoms with van der Waals surface area (Å²) in [5, 5.41) is 3.48. The van der Waals surface area contributed by atoms with Gasteiger partial charge in [-0.1, -0.05) is 25.7 Å². The summed E-state index contributed by atoms with van der Waals surface area (Å²) >= 11 is 0. The van der Waals surface area contributed by atoms with E-state index >= 15 is 0 Å². The molecule has 0 bridgehead atoms. The van der Waals surface area contributed by atoms with Crippen molar-refractivity contribution in [2.24, 2.45) is 16.8 Å². The van der Waals surface area contributed by atoms with Gasteiger partial charge in [-0.05, 0) is 37.5 Å². The average molecular weight is 295 g/mol. The third kappa shape index (κ3) is 6.68. The van der Waals surface area contributed by atoms with Gasteiger partial charge in [0.25, 0.3) is 0 Å². The molecule has 4 nitrogen and oxygen atoms in total. The summed E-state index contributed by atoms with van der Waals surface area (Å²) in [6, 6.07) is 0. The molecular formula is C17H33N3O. The minimum absolute atomic E-state index is 0.801. The van der Waals surface area contributed by atoms with E-state index in [0.29, 0.717) is 0 Å². The minimum atomic E-state index is 0.801.